The summed E-state index contributed by atoms with van der Waals surface area (Å²) in [5, 5.41) is 6.81. The first kappa shape index (κ1) is 17.0. The molecule has 2 aliphatic rings. The Hall–Kier alpha value is -2.40. The van der Waals surface area contributed by atoms with Gasteiger partial charge in [0.2, 0.25) is 5.91 Å². The van der Waals surface area contributed by atoms with Gasteiger partial charge in [0.05, 0.1) is 5.69 Å². The molecule has 5 heteroatoms. The number of hydrogen-bond acceptors (Lipinski definition) is 4. The van der Waals surface area contributed by atoms with E-state index in [1.54, 1.807) is 0 Å². The van der Waals surface area contributed by atoms with Crippen LogP contribution in [0.4, 0.5) is 5.69 Å². The second-order valence-electron chi connectivity index (χ2n) is 7.56. The molecule has 4 rings (SSSR count). The number of likely N-dealkylation sites (tertiary alicyclic amines) is 1. The lowest BCUT2D eigenvalue weighted by molar-refractivity contribution is -0.122. The second-order valence-corrected chi connectivity index (χ2v) is 7.56. The third kappa shape index (κ3) is 3.58. The predicted molar refractivity (Wildman–Crippen MR) is 103 cm³/mol. The van der Waals surface area contributed by atoms with Crippen LogP contribution in [0.15, 0.2) is 42.6 Å². The number of para-hydroxylation sites is 1. The molecule has 5 nitrogen and oxygen atoms in total. The molecule has 0 radical (unpaired) electrons. The Morgan fingerprint density at radius 1 is 1.15 bits per heavy atom. The van der Waals surface area contributed by atoms with Gasteiger partial charge in [0.25, 0.3) is 0 Å². The standard InChI is InChI=1S/C21H26N4O/c1-16-5-4-10-22-19(16)15-25-11-8-21(9-12-25)13-20(26)23-14-17-6-2-3-7-18(17)24-21/h2-7,10,24H,8-9,11-15H2,1H3,(H,23,26). The Balaban J connectivity index is 1.48. The molecule has 0 atom stereocenters. The van der Waals surface area contributed by atoms with Crippen molar-refractivity contribution in [2.45, 2.75) is 44.8 Å². The van der Waals surface area contributed by atoms with E-state index in [9.17, 15) is 4.79 Å². The molecule has 1 aromatic carbocycles. The molecule has 0 bridgehead atoms. The number of aryl methyl sites for hydroxylation is 1. The number of amides is 1. The van der Waals surface area contributed by atoms with E-state index in [1.165, 1.54) is 5.56 Å². The van der Waals surface area contributed by atoms with Crippen LogP contribution in [-0.4, -0.2) is 34.4 Å². The lowest BCUT2D eigenvalue weighted by Gasteiger charge is -2.44. The number of pyridine rings is 1. The summed E-state index contributed by atoms with van der Waals surface area (Å²) in [5.74, 6) is 0.140. The summed E-state index contributed by atoms with van der Waals surface area (Å²) in [4.78, 5) is 19.3. The van der Waals surface area contributed by atoms with Crippen LogP contribution in [0.1, 0.15) is 36.1 Å². The van der Waals surface area contributed by atoms with E-state index in [1.807, 2.05) is 18.3 Å². The van der Waals surface area contributed by atoms with E-state index in [-0.39, 0.29) is 11.4 Å². The van der Waals surface area contributed by atoms with Crippen LogP contribution in [-0.2, 0) is 17.9 Å². The van der Waals surface area contributed by atoms with Crippen molar-refractivity contribution in [2.24, 2.45) is 0 Å². The SMILES string of the molecule is Cc1cccnc1CN1CCC2(CC1)CC(=O)NCc1ccccc1N2. The van der Waals surface area contributed by atoms with Crippen LogP contribution >= 0.6 is 0 Å². The summed E-state index contributed by atoms with van der Waals surface area (Å²) in [6.45, 7) is 5.54. The number of rotatable bonds is 2. The molecule has 1 saturated heterocycles. The summed E-state index contributed by atoms with van der Waals surface area (Å²) in [7, 11) is 0. The second kappa shape index (κ2) is 7.08. The van der Waals surface area contributed by atoms with Crippen molar-refractivity contribution in [3.05, 3.63) is 59.4 Å². The molecule has 2 N–H and O–H groups in total. The topological polar surface area (TPSA) is 57.3 Å². The van der Waals surface area contributed by atoms with Crippen molar-refractivity contribution in [3.8, 4) is 0 Å². The van der Waals surface area contributed by atoms with E-state index in [0.29, 0.717) is 13.0 Å². The molecule has 2 aromatic rings. The normalized spacial score (nSPS) is 19.8. The number of benzene rings is 1. The van der Waals surface area contributed by atoms with Crippen molar-refractivity contribution in [3.63, 3.8) is 0 Å². The van der Waals surface area contributed by atoms with E-state index >= 15 is 0 Å². The van der Waals surface area contributed by atoms with Gasteiger partial charge in [-0.1, -0.05) is 24.3 Å². The highest BCUT2D eigenvalue weighted by molar-refractivity contribution is 5.79. The number of carbonyl (C=O) groups is 1. The quantitative estimate of drug-likeness (QED) is 0.874. The van der Waals surface area contributed by atoms with Gasteiger partial charge < -0.3 is 10.6 Å². The fourth-order valence-electron chi connectivity index (χ4n) is 4.03. The highest BCUT2D eigenvalue weighted by Gasteiger charge is 2.38. The van der Waals surface area contributed by atoms with E-state index < -0.39 is 0 Å². The fraction of sp³-hybridized carbons (Fsp3) is 0.429. The average molecular weight is 350 g/mol. The van der Waals surface area contributed by atoms with Crippen molar-refractivity contribution in [1.29, 1.82) is 0 Å². The third-order valence-electron chi connectivity index (χ3n) is 5.70. The lowest BCUT2D eigenvalue weighted by atomic mass is 9.82. The maximum Gasteiger partial charge on any atom is 0.222 e. The molecular weight excluding hydrogens is 324 g/mol. The van der Waals surface area contributed by atoms with Crippen LogP contribution in [0.2, 0.25) is 0 Å². The highest BCUT2D eigenvalue weighted by atomic mass is 16.1. The Morgan fingerprint density at radius 3 is 2.77 bits per heavy atom. The first-order valence-corrected chi connectivity index (χ1v) is 9.39. The van der Waals surface area contributed by atoms with Crippen LogP contribution in [0, 0.1) is 6.92 Å². The summed E-state index contributed by atoms with van der Waals surface area (Å²) >= 11 is 0. The average Bonchev–Trinajstić information content (AvgIpc) is 2.64. The molecule has 2 aliphatic heterocycles. The zero-order valence-corrected chi connectivity index (χ0v) is 15.3. The third-order valence-corrected chi connectivity index (χ3v) is 5.70. The van der Waals surface area contributed by atoms with Crippen molar-refractivity contribution in [1.82, 2.24) is 15.2 Å². The summed E-state index contributed by atoms with van der Waals surface area (Å²) in [6.07, 6.45) is 4.32. The molecule has 3 heterocycles. The van der Waals surface area contributed by atoms with Crippen molar-refractivity contribution >= 4 is 11.6 Å². The van der Waals surface area contributed by atoms with Gasteiger partial charge in [-0.25, -0.2) is 0 Å². The van der Waals surface area contributed by atoms with Gasteiger partial charge in [0.1, 0.15) is 0 Å². The number of nitrogens with zero attached hydrogens (tertiary/aromatic N) is 2. The number of carbonyl (C=O) groups excluding carboxylic acids is 1. The Kier molecular flexibility index (Phi) is 4.64. The molecule has 26 heavy (non-hydrogen) atoms. The number of aromatic nitrogens is 1. The van der Waals surface area contributed by atoms with Gasteiger partial charge in [-0.05, 0) is 43.0 Å². The molecule has 0 saturated carbocycles. The summed E-state index contributed by atoms with van der Waals surface area (Å²) in [5.41, 5.74) is 4.55. The minimum absolute atomic E-state index is 0.140. The van der Waals surface area contributed by atoms with Crippen LogP contribution in [0.5, 0.6) is 0 Å². The molecule has 0 unspecified atom stereocenters. The molecule has 1 spiro atoms. The number of hydrogen-bond donors (Lipinski definition) is 2. The molecule has 1 fully saturated rings. The van der Waals surface area contributed by atoms with E-state index in [4.69, 9.17) is 0 Å². The number of anilines is 1. The first-order valence-electron chi connectivity index (χ1n) is 9.39. The minimum Gasteiger partial charge on any atom is -0.379 e. The van der Waals surface area contributed by atoms with Gasteiger partial charge in [-0.3, -0.25) is 14.7 Å². The van der Waals surface area contributed by atoms with Gasteiger partial charge in [-0.2, -0.15) is 0 Å². The monoisotopic (exact) mass is 350 g/mol. The Morgan fingerprint density at radius 2 is 1.96 bits per heavy atom. The minimum atomic E-state index is -0.156. The van der Waals surface area contributed by atoms with E-state index in [0.717, 1.165) is 49.4 Å². The summed E-state index contributed by atoms with van der Waals surface area (Å²) < 4.78 is 0. The number of fused-ring (bicyclic) bond motifs is 1. The lowest BCUT2D eigenvalue weighted by Crippen LogP contribution is -2.52. The molecule has 1 amide bonds. The fourth-order valence-corrected chi connectivity index (χ4v) is 4.03. The van der Waals surface area contributed by atoms with Crippen LogP contribution < -0.4 is 10.6 Å². The smallest absolute Gasteiger partial charge is 0.222 e. The largest absolute Gasteiger partial charge is 0.379 e. The molecule has 1 aromatic heterocycles. The zero-order valence-electron chi connectivity index (χ0n) is 15.3. The molecule has 0 aliphatic carbocycles. The van der Waals surface area contributed by atoms with Gasteiger partial charge >= 0.3 is 0 Å². The maximum atomic E-state index is 12.4. The van der Waals surface area contributed by atoms with Crippen LogP contribution in [0.25, 0.3) is 0 Å². The Labute approximate surface area is 154 Å². The molecular formula is C21H26N4O. The highest BCUT2D eigenvalue weighted by Crippen LogP contribution is 2.33. The van der Waals surface area contributed by atoms with Crippen molar-refractivity contribution in [2.75, 3.05) is 18.4 Å². The van der Waals surface area contributed by atoms with Crippen molar-refractivity contribution < 1.29 is 4.79 Å². The van der Waals surface area contributed by atoms with E-state index in [2.05, 4.69) is 51.7 Å². The predicted octanol–water partition coefficient (Wildman–Crippen LogP) is 2.86. The number of nitrogens with one attached hydrogen (secondary N) is 2. The van der Waals surface area contributed by atoms with Gasteiger partial charge in [0, 0.05) is 50.0 Å². The van der Waals surface area contributed by atoms with Crippen LogP contribution in [0.3, 0.4) is 0 Å². The zero-order chi connectivity index (χ0) is 18.0. The molecule has 136 valence electrons. The maximum absolute atomic E-state index is 12.4. The van der Waals surface area contributed by atoms with Gasteiger partial charge in [0.15, 0.2) is 0 Å². The van der Waals surface area contributed by atoms with Gasteiger partial charge in [-0.15, -0.1) is 0 Å². The number of piperidine rings is 1. The first-order chi connectivity index (χ1) is 12.6. The Bertz CT molecular complexity index is 796. The summed E-state index contributed by atoms with van der Waals surface area (Å²) in [6, 6.07) is 12.4.